The third kappa shape index (κ3) is 3.95. The molecule has 0 saturated heterocycles. The summed E-state index contributed by atoms with van der Waals surface area (Å²) in [5.74, 6) is 0.189. The topological polar surface area (TPSA) is 41.1 Å². The third-order valence-corrected chi connectivity index (χ3v) is 5.05. The fraction of sp³-hybridized carbons (Fsp3) is 0.938. The zero-order valence-electron chi connectivity index (χ0n) is 12.8. The van der Waals surface area contributed by atoms with Crippen molar-refractivity contribution in [1.29, 1.82) is 0 Å². The smallest absolute Gasteiger partial charge is 0.237 e. The Kier molecular flexibility index (Phi) is 4.88. The molecule has 2 N–H and O–H groups in total. The molecule has 2 atom stereocenters. The zero-order valence-corrected chi connectivity index (χ0v) is 12.8. The molecule has 2 fully saturated rings. The summed E-state index contributed by atoms with van der Waals surface area (Å²) in [6.45, 7) is 6.62. The van der Waals surface area contributed by atoms with E-state index in [0.29, 0.717) is 17.5 Å². The molecule has 0 spiro atoms. The monoisotopic (exact) mass is 266 g/mol. The van der Waals surface area contributed by atoms with Crippen LogP contribution in [-0.2, 0) is 4.79 Å². The summed E-state index contributed by atoms with van der Waals surface area (Å²) in [5.41, 5.74) is 0.333. The lowest BCUT2D eigenvalue weighted by Gasteiger charge is -2.31. The van der Waals surface area contributed by atoms with Gasteiger partial charge in [0.05, 0.1) is 6.04 Å². The number of hydrogen-bond acceptors (Lipinski definition) is 2. The fourth-order valence-corrected chi connectivity index (χ4v) is 3.59. The number of carbonyl (C=O) groups excluding carboxylic acids is 1. The molecular weight excluding hydrogens is 236 g/mol. The maximum Gasteiger partial charge on any atom is 0.237 e. The van der Waals surface area contributed by atoms with Crippen molar-refractivity contribution < 1.29 is 4.79 Å². The van der Waals surface area contributed by atoms with Crippen LogP contribution < -0.4 is 10.6 Å². The normalized spacial score (nSPS) is 29.1. The van der Waals surface area contributed by atoms with E-state index >= 15 is 0 Å². The Bertz CT molecular complexity index is 308. The van der Waals surface area contributed by atoms with Crippen molar-refractivity contribution in [3.63, 3.8) is 0 Å². The van der Waals surface area contributed by atoms with E-state index < -0.39 is 0 Å². The second-order valence-electron chi connectivity index (χ2n) is 7.17. The van der Waals surface area contributed by atoms with Crippen molar-refractivity contribution in [2.75, 3.05) is 0 Å². The fourth-order valence-electron chi connectivity index (χ4n) is 3.59. The van der Waals surface area contributed by atoms with E-state index in [0.717, 1.165) is 12.8 Å². The quantitative estimate of drug-likeness (QED) is 0.821. The molecule has 0 bridgehead atoms. The lowest BCUT2D eigenvalue weighted by molar-refractivity contribution is -0.124. The Labute approximate surface area is 117 Å². The Morgan fingerprint density at radius 3 is 2.37 bits per heavy atom. The van der Waals surface area contributed by atoms with Crippen molar-refractivity contribution >= 4 is 5.91 Å². The summed E-state index contributed by atoms with van der Waals surface area (Å²) in [7, 11) is 0. The number of carbonyl (C=O) groups is 1. The summed E-state index contributed by atoms with van der Waals surface area (Å²) in [6.07, 6.45) is 9.93. The van der Waals surface area contributed by atoms with E-state index in [1.807, 2.05) is 6.92 Å². The average Bonchev–Trinajstić information content (AvgIpc) is 2.70. The highest BCUT2D eigenvalue weighted by Gasteiger charge is 2.36. The number of rotatable bonds is 4. The van der Waals surface area contributed by atoms with E-state index in [4.69, 9.17) is 0 Å². The van der Waals surface area contributed by atoms with Crippen LogP contribution in [0.2, 0.25) is 0 Å². The summed E-state index contributed by atoms with van der Waals surface area (Å²) in [6, 6.07) is 0.839. The van der Waals surface area contributed by atoms with Gasteiger partial charge in [0.1, 0.15) is 0 Å². The van der Waals surface area contributed by atoms with Gasteiger partial charge in [-0.1, -0.05) is 39.5 Å². The van der Waals surface area contributed by atoms with Gasteiger partial charge in [0, 0.05) is 12.1 Å². The van der Waals surface area contributed by atoms with Crippen LogP contribution in [0.3, 0.4) is 0 Å². The molecule has 2 rings (SSSR count). The maximum absolute atomic E-state index is 12.2. The molecule has 1 amide bonds. The van der Waals surface area contributed by atoms with Gasteiger partial charge in [-0.15, -0.1) is 0 Å². The highest BCUT2D eigenvalue weighted by Crippen LogP contribution is 2.37. The zero-order chi connectivity index (χ0) is 13.9. The van der Waals surface area contributed by atoms with Crippen molar-refractivity contribution in [2.24, 2.45) is 5.41 Å². The number of nitrogens with one attached hydrogen (secondary N) is 2. The first-order valence-corrected chi connectivity index (χ1v) is 8.05. The Balaban J connectivity index is 1.78. The van der Waals surface area contributed by atoms with E-state index in [-0.39, 0.29) is 11.9 Å². The Morgan fingerprint density at radius 1 is 1.11 bits per heavy atom. The van der Waals surface area contributed by atoms with Crippen LogP contribution in [0, 0.1) is 5.41 Å². The van der Waals surface area contributed by atoms with Gasteiger partial charge in [0.2, 0.25) is 5.91 Å². The van der Waals surface area contributed by atoms with E-state index in [2.05, 4.69) is 24.5 Å². The second kappa shape index (κ2) is 6.25. The minimum Gasteiger partial charge on any atom is -0.352 e. The van der Waals surface area contributed by atoms with Crippen molar-refractivity contribution in [2.45, 2.75) is 90.3 Å². The molecule has 0 heterocycles. The van der Waals surface area contributed by atoms with E-state index in [1.165, 1.54) is 38.5 Å². The van der Waals surface area contributed by atoms with Gasteiger partial charge in [-0.2, -0.15) is 0 Å². The minimum absolute atomic E-state index is 0.0655. The molecule has 0 aromatic rings. The maximum atomic E-state index is 12.2. The highest BCUT2D eigenvalue weighted by molar-refractivity contribution is 5.81. The summed E-state index contributed by atoms with van der Waals surface area (Å²) >= 11 is 0. The standard InChI is InChI=1S/C16H30N2O/c1-12(17-14-10-7-11-16(14,2)3)15(19)18-13-8-5-4-6-9-13/h12-14,17H,4-11H2,1-3H3,(H,18,19). The van der Waals surface area contributed by atoms with Crippen molar-refractivity contribution in [3.05, 3.63) is 0 Å². The van der Waals surface area contributed by atoms with E-state index in [1.54, 1.807) is 0 Å². The van der Waals surface area contributed by atoms with Crippen LogP contribution in [-0.4, -0.2) is 24.0 Å². The lowest BCUT2D eigenvalue weighted by Crippen LogP contribution is -2.51. The van der Waals surface area contributed by atoms with Crippen LogP contribution in [0.1, 0.15) is 72.1 Å². The van der Waals surface area contributed by atoms with Gasteiger partial charge in [-0.3, -0.25) is 4.79 Å². The van der Waals surface area contributed by atoms with Crippen LogP contribution in [0.15, 0.2) is 0 Å². The number of amides is 1. The molecule has 2 saturated carbocycles. The molecule has 110 valence electrons. The molecule has 0 radical (unpaired) electrons. The van der Waals surface area contributed by atoms with Crippen LogP contribution in [0.25, 0.3) is 0 Å². The second-order valence-corrected chi connectivity index (χ2v) is 7.17. The predicted octanol–water partition coefficient (Wildman–Crippen LogP) is 2.99. The van der Waals surface area contributed by atoms with E-state index in [9.17, 15) is 4.79 Å². The van der Waals surface area contributed by atoms with Crippen molar-refractivity contribution in [1.82, 2.24) is 10.6 Å². The van der Waals surface area contributed by atoms with Gasteiger partial charge in [-0.25, -0.2) is 0 Å². The first-order chi connectivity index (χ1) is 8.99. The minimum atomic E-state index is -0.0655. The molecule has 2 aliphatic rings. The SMILES string of the molecule is CC(NC1CCCC1(C)C)C(=O)NC1CCCCC1. The molecule has 0 aromatic carbocycles. The predicted molar refractivity (Wildman–Crippen MR) is 79.0 cm³/mol. The lowest BCUT2D eigenvalue weighted by atomic mass is 9.87. The number of hydrogen-bond donors (Lipinski definition) is 2. The molecule has 2 unspecified atom stereocenters. The highest BCUT2D eigenvalue weighted by atomic mass is 16.2. The summed E-state index contributed by atoms with van der Waals surface area (Å²) in [4.78, 5) is 12.2. The molecule has 3 heteroatoms. The van der Waals surface area contributed by atoms with Crippen molar-refractivity contribution in [3.8, 4) is 0 Å². The van der Waals surface area contributed by atoms with Gasteiger partial charge in [-0.05, 0) is 38.0 Å². The van der Waals surface area contributed by atoms with Crippen LogP contribution in [0.4, 0.5) is 0 Å². The Hall–Kier alpha value is -0.570. The molecule has 3 nitrogen and oxygen atoms in total. The average molecular weight is 266 g/mol. The molecule has 19 heavy (non-hydrogen) atoms. The summed E-state index contributed by atoms with van der Waals surface area (Å²) < 4.78 is 0. The Morgan fingerprint density at radius 2 is 1.79 bits per heavy atom. The first-order valence-electron chi connectivity index (χ1n) is 8.05. The molecular formula is C16H30N2O. The first kappa shape index (κ1) is 14.8. The molecule has 0 aliphatic heterocycles. The van der Waals surface area contributed by atoms with Gasteiger partial charge in [0.15, 0.2) is 0 Å². The largest absolute Gasteiger partial charge is 0.352 e. The third-order valence-electron chi connectivity index (χ3n) is 5.05. The van der Waals surface area contributed by atoms with Crippen LogP contribution in [0.5, 0.6) is 0 Å². The molecule has 2 aliphatic carbocycles. The van der Waals surface area contributed by atoms with Gasteiger partial charge >= 0.3 is 0 Å². The van der Waals surface area contributed by atoms with Crippen LogP contribution >= 0.6 is 0 Å². The molecule has 0 aromatic heterocycles. The van der Waals surface area contributed by atoms with Gasteiger partial charge in [0.25, 0.3) is 0 Å². The summed E-state index contributed by atoms with van der Waals surface area (Å²) in [5, 5.41) is 6.76. The van der Waals surface area contributed by atoms with Gasteiger partial charge < -0.3 is 10.6 Å².